The van der Waals surface area contributed by atoms with Crippen molar-refractivity contribution in [3.63, 3.8) is 0 Å². The number of aromatic amines is 1. The van der Waals surface area contributed by atoms with E-state index in [9.17, 15) is 4.79 Å². The second kappa shape index (κ2) is 5.78. The molecule has 1 saturated carbocycles. The lowest BCUT2D eigenvalue weighted by Gasteiger charge is -2.29. The minimum Gasteiger partial charge on any atom is -0.294 e. The highest BCUT2D eigenvalue weighted by atomic mass is 79.9. The van der Waals surface area contributed by atoms with Crippen molar-refractivity contribution >= 4 is 15.9 Å². The van der Waals surface area contributed by atoms with E-state index in [2.05, 4.69) is 52.2 Å². The maximum absolute atomic E-state index is 12.5. The van der Waals surface area contributed by atoms with E-state index in [-0.39, 0.29) is 11.0 Å². The molecule has 4 heteroatoms. The Hall–Kier alpha value is -2.07. The second-order valence-electron chi connectivity index (χ2n) is 6.66. The topological polar surface area (TPSA) is 37.8 Å². The van der Waals surface area contributed by atoms with Crippen molar-refractivity contribution in [1.82, 2.24) is 9.78 Å². The fourth-order valence-corrected chi connectivity index (χ4v) is 3.76. The summed E-state index contributed by atoms with van der Waals surface area (Å²) in [5.74, 6) is 0.570. The SMILES string of the molecule is CC(c1ccc(Br)cc1)(c1cc(=O)n(-c2ccccc2)[nH]1)C1CC1. The number of hydrogen-bond acceptors (Lipinski definition) is 1. The molecule has 1 aliphatic rings. The number of halogens is 1. The van der Waals surface area contributed by atoms with E-state index >= 15 is 0 Å². The van der Waals surface area contributed by atoms with Crippen LogP contribution in [0.3, 0.4) is 0 Å². The van der Waals surface area contributed by atoms with Gasteiger partial charge in [0.25, 0.3) is 5.56 Å². The molecule has 1 unspecified atom stereocenters. The first kappa shape index (κ1) is 15.5. The van der Waals surface area contributed by atoms with Crippen LogP contribution in [-0.2, 0) is 5.41 Å². The molecule has 0 spiro atoms. The summed E-state index contributed by atoms with van der Waals surface area (Å²) in [6, 6.07) is 19.9. The standard InChI is InChI=1S/C20H19BrN2O/c1-20(14-7-8-14,15-9-11-16(21)12-10-15)18-13-19(24)23(22-18)17-5-3-2-4-6-17/h2-6,9-14,22H,7-8H2,1H3. The van der Waals surface area contributed by atoms with Crippen LogP contribution in [0.5, 0.6) is 0 Å². The first-order valence-electron chi connectivity index (χ1n) is 8.23. The first-order chi connectivity index (χ1) is 11.6. The Morgan fingerprint density at radius 3 is 2.38 bits per heavy atom. The number of rotatable bonds is 4. The number of nitrogens with one attached hydrogen (secondary N) is 1. The van der Waals surface area contributed by atoms with Crippen molar-refractivity contribution in [2.75, 3.05) is 0 Å². The van der Waals surface area contributed by atoms with Crippen LogP contribution in [0, 0.1) is 5.92 Å². The van der Waals surface area contributed by atoms with Gasteiger partial charge in [-0.25, -0.2) is 4.68 Å². The summed E-state index contributed by atoms with van der Waals surface area (Å²) in [5, 5.41) is 3.37. The zero-order valence-corrected chi connectivity index (χ0v) is 15.1. The Morgan fingerprint density at radius 1 is 1.08 bits per heavy atom. The molecule has 0 amide bonds. The average Bonchev–Trinajstić information content (AvgIpc) is 3.38. The van der Waals surface area contributed by atoms with Crippen LogP contribution in [0.25, 0.3) is 5.69 Å². The molecule has 1 N–H and O–H groups in total. The van der Waals surface area contributed by atoms with Gasteiger partial charge in [-0.05, 0) is 55.5 Å². The van der Waals surface area contributed by atoms with E-state index in [0.29, 0.717) is 5.92 Å². The normalized spacial score (nSPS) is 16.8. The number of nitrogens with zero attached hydrogens (tertiary/aromatic N) is 1. The van der Waals surface area contributed by atoms with Gasteiger partial charge in [0.1, 0.15) is 0 Å². The fraction of sp³-hybridized carbons (Fsp3) is 0.250. The number of para-hydroxylation sites is 1. The maximum Gasteiger partial charge on any atom is 0.271 e. The molecule has 1 aliphatic carbocycles. The van der Waals surface area contributed by atoms with E-state index in [4.69, 9.17) is 0 Å². The van der Waals surface area contributed by atoms with Crippen molar-refractivity contribution in [3.05, 3.63) is 86.7 Å². The molecule has 2 aromatic carbocycles. The molecule has 24 heavy (non-hydrogen) atoms. The Bertz CT molecular complexity index is 907. The molecule has 122 valence electrons. The van der Waals surface area contributed by atoms with E-state index in [1.807, 2.05) is 30.3 Å². The molecule has 1 heterocycles. The zero-order valence-electron chi connectivity index (χ0n) is 13.5. The predicted octanol–water partition coefficient (Wildman–Crippen LogP) is 4.64. The largest absolute Gasteiger partial charge is 0.294 e. The highest BCUT2D eigenvalue weighted by Crippen LogP contribution is 2.50. The summed E-state index contributed by atoms with van der Waals surface area (Å²) in [6.07, 6.45) is 2.40. The van der Waals surface area contributed by atoms with Crippen molar-refractivity contribution in [1.29, 1.82) is 0 Å². The maximum atomic E-state index is 12.5. The van der Waals surface area contributed by atoms with Gasteiger partial charge in [0, 0.05) is 21.6 Å². The average molecular weight is 383 g/mol. The van der Waals surface area contributed by atoms with Gasteiger partial charge in [-0.3, -0.25) is 9.89 Å². The number of aromatic nitrogens is 2. The monoisotopic (exact) mass is 382 g/mol. The lowest BCUT2D eigenvalue weighted by atomic mass is 9.75. The third-order valence-corrected chi connectivity index (χ3v) is 5.66. The van der Waals surface area contributed by atoms with Crippen LogP contribution in [0.2, 0.25) is 0 Å². The third kappa shape index (κ3) is 2.55. The quantitative estimate of drug-likeness (QED) is 0.700. The number of H-pyrrole nitrogens is 1. The van der Waals surface area contributed by atoms with Gasteiger partial charge < -0.3 is 0 Å². The van der Waals surface area contributed by atoms with Gasteiger partial charge in [0.2, 0.25) is 0 Å². The van der Waals surface area contributed by atoms with Crippen LogP contribution in [0.1, 0.15) is 31.0 Å². The Labute approximate surface area is 149 Å². The Balaban J connectivity index is 1.83. The van der Waals surface area contributed by atoms with E-state index in [1.165, 1.54) is 18.4 Å². The highest BCUT2D eigenvalue weighted by molar-refractivity contribution is 9.10. The van der Waals surface area contributed by atoms with Gasteiger partial charge in [-0.2, -0.15) is 0 Å². The summed E-state index contributed by atoms with van der Waals surface area (Å²) < 4.78 is 2.70. The first-order valence-corrected chi connectivity index (χ1v) is 9.02. The van der Waals surface area contributed by atoms with Crippen LogP contribution in [-0.4, -0.2) is 9.78 Å². The van der Waals surface area contributed by atoms with Crippen molar-refractivity contribution in [2.45, 2.75) is 25.2 Å². The van der Waals surface area contributed by atoms with Crippen LogP contribution < -0.4 is 5.56 Å². The van der Waals surface area contributed by atoms with E-state index < -0.39 is 0 Å². The molecule has 0 aliphatic heterocycles. The molecular formula is C20H19BrN2O. The zero-order chi connectivity index (χ0) is 16.7. The lowest BCUT2D eigenvalue weighted by Crippen LogP contribution is -2.27. The van der Waals surface area contributed by atoms with Gasteiger partial charge in [-0.1, -0.05) is 46.3 Å². The van der Waals surface area contributed by atoms with Crippen LogP contribution >= 0.6 is 15.9 Å². The smallest absolute Gasteiger partial charge is 0.271 e. The molecule has 1 aromatic heterocycles. The molecule has 1 atom stereocenters. The van der Waals surface area contributed by atoms with Gasteiger partial charge in [0.05, 0.1) is 5.69 Å². The van der Waals surface area contributed by atoms with E-state index in [0.717, 1.165) is 15.9 Å². The highest BCUT2D eigenvalue weighted by Gasteiger charge is 2.45. The summed E-state index contributed by atoms with van der Waals surface area (Å²) >= 11 is 3.51. The molecule has 0 saturated heterocycles. The molecule has 3 aromatic rings. The molecule has 0 bridgehead atoms. The lowest BCUT2D eigenvalue weighted by molar-refractivity contribution is 0.476. The van der Waals surface area contributed by atoms with Gasteiger partial charge in [0.15, 0.2) is 0 Å². The molecule has 3 nitrogen and oxygen atoms in total. The van der Waals surface area contributed by atoms with Crippen molar-refractivity contribution < 1.29 is 0 Å². The van der Waals surface area contributed by atoms with Crippen LogP contribution in [0.15, 0.2) is 69.9 Å². The van der Waals surface area contributed by atoms with Crippen molar-refractivity contribution in [2.24, 2.45) is 5.92 Å². The summed E-state index contributed by atoms with van der Waals surface area (Å²) in [5.41, 5.74) is 2.92. The minimum absolute atomic E-state index is 0.0137. The van der Waals surface area contributed by atoms with Crippen molar-refractivity contribution in [3.8, 4) is 5.69 Å². The number of benzene rings is 2. The second-order valence-corrected chi connectivity index (χ2v) is 7.58. The molecule has 4 rings (SSSR count). The predicted molar refractivity (Wildman–Crippen MR) is 99.7 cm³/mol. The molecular weight excluding hydrogens is 364 g/mol. The fourth-order valence-electron chi connectivity index (χ4n) is 3.50. The number of hydrogen-bond donors (Lipinski definition) is 1. The Kier molecular flexibility index (Phi) is 3.72. The van der Waals surface area contributed by atoms with Gasteiger partial charge >= 0.3 is 0 Å². The molecule has 0 radical (unpaired) electrons. The summed E-state index contributed by atoms with van der Waals surface area (Å²) in [4.78, 5) is 12.5. The third-order valence-electron chi connectivity index (χ3n) is 5.13. The minimum atomic E-state index is -0.167. The van der Waals surface area contributed by atoms with Crippen LogP contribution in [0.4, 0.5) is 0 Å². The van der Waals surface area contributed by atoms with E-state index in [1.54, 1.807) is 10.7 Å². The summed E-state index contributed by atoms with van der Waals surface area (Å²) in [6.45, 7) is 2.24. The summed E-state index contributed by atoms with van der Waals surface area (Å²) in [7, 11) is 0. The van der Waals surface area contributed by atoms with Gasteiger partial charge in [-0.15, -0.1) is 0 Å². The molecule has 1 fully saturated rings. The Morgan fingerprint density at radius 2 is 1.75 bits per heavy atom.